The Morgan fingerprint density at radius 2 is 1.16 bits per heavy atom. The molecule has 0 bridgehead atoms. The van der Waals surface area contributed by atoms with Crippen LogP contribution in [0.2, 0.25) is 0 Å². The Kier molecular flexibility index (Phi) is 24.4. The maximum absolute atomic E-state index is 12.9. The van der Waals surface area contributed by atoms with Crippen LogP contribution in [0.15, 0.2) is 0 Å². The van der Waals surface area contributed by atoms with E-state index in [4.69, 9.17) is 9.47 Å². The lowest BCUT2D eigenvalue weighted by Crippen LogP contribution is -2.60. The number of carbonyl (C=O) groups is 1. The standard InChI is InChI=1S/C34H67NO10/c1-3-5-7-9-10-11-12-13-14-15-16-18-20-22-27(38)33(43)35-25(29(39)26(37)21-19-17-8-6-4-2)24-44-34-32(42)31(41)30(40)28(23-36)45-34/h25-32,34,36-42H,3-24H2,1-2H3,(H,35,43). The molecular formula is C34H67NO10. The van der Waals surface area contributed by atoms with Crippen molar-refractivity contribution in [2.75, 3.05) is 13.2 Å². The van der Waals surface area contributed by atoms with E-state index in [0.29, 0.717) is 19.3 Å². The average Bonchev–Trinajstić information content (AvgIpc) is 3.04. The molecule has 1 aliphatic heterocycles. The van der Waals surface area contributed by atoms with Crippen molar-refractivity contribution in [3.63, 3.8) is 0 Å². The lowest BCUT2D eigenvalue weighted by atomic mass is 9.98. The highest BCUT2D eigenvalue weighted by Crippen LogP contribution is 2.23. The predicted octanol–water partition coefficient (Wildman–Crippen LogP) is 3.21. The van der Waals surface area contributed by atoms with E-state index in [0.717, 1.165) is 44.9 Å². The van der Waals surface area contributed by atoms with Crippen LogP contribution >= 0.6 is 0 Å². The summed E-state index contributed by atoms with van der Waals surface area (Å²) in [5, 5.41) is 74.5. The van der Waals surface area contributed by atoms with Gasteiger partial charge in [0, 0.05) is 0 Å². The van der Waals surface area contributed by atoms with Crippen LogP contribution in [-0.2, 0) is 14.3 Å². The van der Waals surface area contributed by atoms with Gasteiger partial charge in [-0.05, 0) is 12.8 Å². The summed E-state index contributed by atoms with van der Waals surface area (Å²) in [5.74, 6) is -0.703. The van der Waals surface area contributed by atoms with Crippen LogP contribution in [0.3, 0.4) is 0 Å². The van der Waals surface area contributed by atoms with Gasteiger partial charge in [0.2, 0.25) is 5.91 Å². The molecule has 8 N–H and O–H groups in total. The summed E-state index contributed by atoms with van der Waals surface area (Å²) in [5.41, 5.74) is 0. The minimum Gasteiger partial charge on any atom is -0.394 e. The summed E-state index contributed by atoms with van der Waals surface area (Å²) in [4.78, 5) is 12.9. The molecule has 0 aliphatic carbocycles. The first-order chi connectivity index (χ1) is 21.7. The molecule has 45 heavy (non-hydrogen) atoms. The Hall–Kier alpha value is -0.890. The molecule has 1 amide bonds. The maximum Gasteiger partial charge on any atom is 0.249 e. The largest absolute Gasteiger partial charge is 0.394 e. The molecule has 1 heterocycles. The summed E-state index contributed by atoms with van der Waals surface area (Å²) < 4.78 is 10.9. The molecule has 9 unspecified atom stereocenters. The molecule has 9 atom stereocenters. The van der Waals surface area contributed by atoms with Crippen molar-refractivity contribution in [1.29, 1.82) is 0 Å². The van der Waals surface area contributed by atoms with Crippen LogP contribution in [0.25, 0.3) is 0 Å². The Bertz CT molecular complexity index is 714. The van der Waals surface area contributed by atoms with E-state index in [9.17, 15) is 40.5 Å². The highest BCUT2D eigenvalue weighted by atomic mass is 16.7. The molecular weight excluding hydrogens is 582 g/mol. The zero-order valence-electron chi connectivity index (χ0n) is 28.1. The Labute approximate surface area is 271 Å². The van der Waals surface area contributed by atoms with Crippen LogP contribution in [0.1, 0.15) is 142 Å². The quantitative estimate of drug-likeness (QED) is 0.0585. The molecule has 0 radical (unpaired) electrons. The summed E-state index contributed by atoms with van der Waals surface area (Å²) in [7, 11) is 0. The normalized spacial score (nSPS) is 24.7. The van der Waals surface area contributed by atoms with E-state index < -0.39 is 74.2 Å². The van der Waals surface area contributed by atoms with E-state index in [-0.39, 0.29) is 6.42 Å². The predicted molar refractivity (Wildman–Crippen MR) is 173 cm³/mol. The summed E-state index contributed by atoms with van der Waals surface area (Å²) in [6.07, 6.45) is 9.38. The Balaban J connectivity index is 2.53. The molecule has 1 saturated heterocycles. The highest BCUT2D eigenvalue weighted by molar-refractivity contribution is 5.80. The number of aliphatic hydroxyl groups excluding tert-OH is 7. The number of nitrogens with one attached hydrogen (secondary N) is 1. The first-order valence-electron chi connectivity index (χ1n) is 17.9. The van der Waals surface area contributed by atoms with Gasteiger partial charge in [-0.15, -0.1) is 0 Å². The van der Waals surface area contributed by atoms with Crippen LogP contribution in [-0.4, -0.2) is 110 Å². The maximum atomic E-state index is 12.9. The Morgan fingerprint density at radius 1 is 0.689 bits per heavy atom. The number of aliphatic hydroxyl groups is 7. The van der Waals surface area contributed by atoms with E-state index >= 15 is 0 Å². The van der Waals surface area contributed by atoms with Crippen molar-refractivity contribution >= 4 is 5.91 Å². The van der Waals surface area contributed by atoms with Crippen LogP contribution < -0.4 is 5.32 Å². The van der Waals surface area contributed by atoms with Gasteiger partial charge in [-0.1, -0.05) is 129 Å². The average molecular weight is 650 g/mol. The fourth-order valence-electron chi connectivity index (χ4n) is 5.79. The lowest BCUT2D eigenvalue weighted by Gasteiger charge is -2.40. The fourth-order valence-corrected chi connectivity index (χ4v) is 5.79. The van der Waals surface area contributed by atoms with Crippen LogP contribution in [0.4, 0.5) is 0 Å². The van der Waals surface area contributed by atoms with Gasteiger partial charge in [0.05, 0.1) is 25.4 Å². The van der Waals surface area contributed by atoms with Crippen molar-refractivity contribution in [2.45, 2.75) is 197 Å². The minimum absolute atomic E-state index is 0.264. The fraction of sp³-hybridized carbons (Fsp3) is 0.971. The number of carbonyl (C=O) groups excluding carboxylic acids is 1. The second kappa shape index (κ2) is 26.1. The first-order valence-corrected chi connectivity index (χ1v) is 17.9. The van der Waals surface area contributed by atoms with Gasteiger partial charge in [0.15, 0.2) is 6.29 Å². The molecule has 0 saturated carbocycles. The van der Waals surface area contributed by atoms with E-state index in [2.05, 4.69) is 19.2 Å². The van der Waals surface area contributed by atoms with Gasteiger partial charge in [-0.25, -0.2) is 0 Å². The van der Waals surface area contributed by atoms with Crippen molar-refractivity contribution in [2.24, 2.45) is 0 Å². The molecule has 0 spiro atoms. The minimum atomic E-state index is -1.65. The molecule has 268 valence electrons. The van der Waals surface area contributed by atoms with Gasteiger partial charge in [0.25, 0.3) is 0 Å². The molecule has 0 aromatic heterocycles. The highest BCUT2D eigenvalue weighted by Gasteiger charge is 2.44. The van der Waals surface area contributed by atoms with Crippen LogP contribution in [0.5, 0.6) is 0 Å². The van der Waals surface area contributed by atoms with E-state index in [1.807, 2.05) is 0 Å². The second-order valence-corrected chi connectivity index (χ2v) is 13.0. The third-order valence-corrected chi connectivity index (χ3v) is 8.91. The van der Waals surface area contributed by atoms with Crippen molar-refractivity contribution < 1.29 is 50.0 Å². The summed E-state index contributed by atoms with van der Waals surface area (Å²) in [6, 6.07) is -1.16. The van der Waals surface area contributed by atoms with E-state index in [1.54, 1.807) is 0 Å². The zero-order chi connectivity index (χ0) is 33.5. The first kappa shape index (κ1) is 42.1. The van der Waals surface area contributed by atoms with Crippen molar-refractivity contribution in [1.82, 2.24) is 5.32 Å². The van der Waals surface area contributed by atoms with E-state index in [1.165, 1.54) is 57.8 Å². The molecule has 11 nitrogen and oxygen atoms in total. The topological polar surface area (TPSA) is 189 Å². The van der Waals surface area contributed by atoms with Gasteiger partial charge >= 0.3 is 0 Å². The van der Waals surface area contributed by atoms with Gasteiger partial charge in [-0.2, -0.15) is 0 Å². The number of rotatable bonds is 28. The van der Waals surface area contributed by atoms with Crippen LogP contribution in [0, 0.1) is 0 Å². The van der Waals surface area contributed by atoms with Gasteiger partial charge in [0.1, 0.15) is 36.6 Å². The molecule has 1 aliphatic rings. The number of amides is 1. The molecule has 1 fully saturated rings. The third kappa shape index (κ3) is 17.7. The number of hydrogen-bond donors (Lipinski definition) is 8. The lowest BCUT2D eigenvalue weighted by molar-refractivity contribution is -0.303. The second-order valence-electron chi connectivity index (χ2n) is 13.0. The molecule has 0 aromatic rings. The molecule has 1 rings (SSSR count). The smallest absolute Gasteiger partial charge is 0.249 e. The number of ether oxygens (including phenoxy) is 2. The summed E-state index contributed by atoms with van der Waals surface area (Å²) in [6.45, 7) is 3.29. The van der Waals surface area contributed by atoms with Crippen molar-refractivity contribution in [3.8, 4) is 0 Å². The van der Waals surface area contributed by atoms with Gasteiger partial charge < -0.3 is 50.5 Å². The monoisotopic (exact) mass is 649 g/mol. The molecule has 0 aromatic carbocycles. The Morgan fingerprint density at radius 3 is 1.64 bits per heavy atom. The SMILES string of the molecule is CCCCCCCCCCCCCCCC(O)C(=O)NC(COC1OC(CO)C(O)C(O)C1O)C(O)C(O)CCCCCCC. The number of unbranched alkanes of at least 4 members (excludes halogenated alkanes) is 16. The third-order valence-electron chi connectivity index (χ3n) is 8.91. The zero-order valence-corrected chi connectivity index (χ0v) is 28.1. The molecule has 11 heteroatoms. The van der Waals surface area contributed by atoms with Crippen molar-refractivity contribution in [3.05, 3.63) is 0 Å². The number of hydrogen-bond acceptors (Lipinski definition) is 10. The summed E-state index contributed by atoms with van der Waals surface area (Å²) >= 11 is 0. The van der Waals surface area contributed by atoms with Gasteiger partial charge in [-0.3, -0.25) is 4.79 Å².